The lowest BCUT2D eigenvalue weighted by Gasteiger charge is -2.16. The topological polar surface area (TPSA) is 55.1 Å². The Hall–Kier alpha value is -1.22. The Morgan fingerprint density at radius 3 is 2.78 bits per heavy atom. The van der Waals surface area contributed by atoms with Gasteiger partial charge in [0.15, 0.2) is 0 Å². The van der Waals surface area contributed by atoms with Gasteiger partial charge >= 0.3 is 0 Å². The van der Waals surface area contributed by atoms with Gasteiger partial charge in [0.1, 0.15) is 0 Å². The first-order valence-electron chi connectivity index (χ1n) is 6.40. The number of benzene rings is 1. The van der Waals surface area contributed by atoms with Crippen LogP contribution in [0.4, 0.5) is 5.69 Å². The van der Waals surface area contributed by atoms with E-state index in [2.05, 4.69) is 12.2 Å². The minimum absolute atomic E-state index is 0.166. The van der Waals surface area contributed by atoms with Crippen LogP contribution in [-0.4, -0.2) is 12.5 Å². The minimum atomic E-state index is -0.166. The van der Waals surface area contributed by atoms with Gasteiger partial charge in [-0.15, -0.1) is 0 Å². The zero-order valence-corrected chi connectivity index (χ0v) is 11.4. The van der Waals surface area contributed by atoms with E-state index in [-0.39, 0.29) is 5.91 Å². The molecule has 1 saturated carbocycles. The molecule has 1 fully saturated rings. The zero-order chi connectivity index (χ0) is 13.2. The minimum Gasteiger partial charge on any atom is -0.398 e. The van der Waals surface area contributed by atoms with Crippen LogP contribution in [0.25, 0.3) is 0 Å². The first-order chi connectivity index (χ1) is 8.58. The molecule has 3 N–H and O–H groups in total. The monoisotopic (exact) mass is 266 g/mol. The van der Waals surface area contributed by atoms with Crippen molar-refractivity contribution in [3.05, 3.63) is 28.8 Å². The fraction of sp³-hybridized carbons (Fsp3) is 0.500. The second-order valence-corrected chi connectivity index (χ2v) is 5.54. The van der Waals surface area contributed by atoms with Gasteiger partial charge in [-0.25, -0.2) is 0 Å². The molecule has 0 bridgehead atoms. The van der Waals surface area contributed by atoms with Gasteiger partial charge < -0.3 is 11.1 Å². The molecule has 98 valence electrons. The highest BCUT2D eigenvalue weighted by atomic mass is 35.5. The summed E-state index contributed by atoms with van der Waals surface area (Å²) in [6.07, 6.45) is 4.74. The van der Waals surface area contributed by atoms with Gasteiger partial charge in [0.25, 0.3) is 5.91 Å². The summed E-state index contributed by atoms with van der Waals surface area (Å²) in [7, 11) is 0. The van der Waals surface area contributed by atoms with E-state index >= 15 is 0 Å². The van der Waals surface area contributed by atoms with Gasteiger partial charge in [-0.2, -0.15) is 0 Å². The largest absolute Gasteiger partial charge is 0.398 e. The molecule has 2 rings (SSSR count). The smallest absolute Gasteiger partial charge is 0.254 e. The van der Waals surface area contributed by atoms with Crippen molar-refractivity contribution in [2.75, 3.05) is 12.3 Å². The first kappa shape index (κ1) is 13.2. The molecule has 0 heterocycles. The number of carbonyl (C=O) groups excluding carboxylic acids is 1. The number of carbonyl (C=O) groups is 1. The SMILES string of the molecule is CCCC1(CNC(=O)c2c(N)cccc2Cl)CC1. The third-order valence-corrected chi connectivity index (χ3v) is 3.95. The number of nitrogens with one attached hydrogen (secondary N) is 1. The van der Waals surface area contributed by atoms with Crippen molar-refractivity contribution in [3.63, 3.8) is 0 Å². The third kappa shape index (κ3) is 2.78. The average molecular weight is 267 g/mol. The molecule has 3 nitrogen and oxygen atoms in total. The Labute approximate surface area is 113 Å². The zero-order valence-electron chi connectivity index (χ0n) is 10.6. The fourth-order valence-electron chi connectivity index (χ4n) is 2.36. The van der Waals surface area contributed by atoms with Crippen molar-refractivity contribution < 1.29 is 4.79 Å². The van der Waals surface area contributed by atoms with E-state index in [4.69, 9.17) is 17.3 Å². The van der Waals surface area contributed by atoms with Crippen molar-refractivity contribution in [1.29, 1.82) is 0 Å². The summed E-state index contributed by atoms with van der Waals surface area (Å²) in [5.41, 5.74) is 6.95. The Morgan fingerprint density at radius 1 is 1.50 bits per heavy atom. The van der Waals surface area contributed by atoms with E-state index in [1.807, 2.05) is 0 Å². The van der Waals surface area contributed by atoms with E-state index in [9.17, 15) is 4.79 Å². The van der Waals surface area contributed by atoms with Crippen molar-refractivity contribution >= 4 is 23.2 Å². The van der Waals surface area contributed by atoms with Crippen molar-refractivity contribution in [2.24, 2.45) is 5.41 Å². The Bertz CT molecular complexity index is 435. The van der Waals surface area contributed by atoms with Crippen LogP contribution in [-0.2, 0) is 0 Å². The molecule has 1 aromatic rings. The number of rotatable bonds is 5. The van der Waals surface area contributed by atoms with Gasteiger partial charge in [0, 0.05) is 12.2 Å². The van der Waals surface area contributed by atoms with E-state index in [1.54, 1.807) is 18.2 Å². The molecule has 1 aliphatic carbocycles. The van der Waals surface area contributed by atoms with Crippen molar-refractivity contribution in [1.82, 2.24) is 5.32 Å². The van der Waals surface area contributed by atoms with Crippen LogP contribution < -0.4 is 11.1 Å². The number of amides is 1. The molecular weight excluding hydrogens is 248 g/mol. The van der Waals surface area contributed by atoms with Crippen molar-refractivity contribution in [2.45, 2.75) is 32.6 Å². The summed E-state index contributed by atoms with van der Waals surface area (Å²) in [5.74, 6) is -0.166. The second-order valence-electron chi connectivity index (χ2n) is 5.14. The molecule has 0 spiro atoms. The van der Waals surface area contributed by atoms with Crippen LogP contribution >= 0.6 is 11.6 Å². The van der Waals surface area contributed by atoms with E-state index in [0.29, 0.717) is 21.7 Å². The quantitative estimate of drug-likeness (QED) is 0.804. The summed E-state index contributed by atoms with van der Waals surface area (Å²) >= 11 is 6.01. The molecule has 0 aromatic heterocycles. The summed E-state index contributed by atoms with van der Waals surface area (Å²) in [4.78, 5) is 12.1. The molecule has 1 aromatic carbocycles. The number of halogens is 1. The molecule has 4 heteroatoms. The molecule has 0 aliphatic heterocycles. The normalized spacial score (nSPS) is 16.3. The van der Waals surface area contributed by atoms with Crippen LogP contribution in [0, 0.1) is 5.41 Å². The van der Waals surface area contributed by atoms with Crippen LogP contribution in [0.1, 0.15) is 43.0 Å². The summed E-state index contributed by atoms with van der Waals surface area (Å²) in [6, 6.07) is 5.12. The third-order valence-electron chi connectivity index (χ3n) is 3.63. The second kappa shape index (κ2) is 5.19. The van der Waals surface area contributed by atoms with Gasteiger partial charge in [0.2, 0.25) is 0 Å². The predicted octanol–water partition coefficient (Wildman–Crippen LogP) is 3.23. The highest BCUT2D eigenvalue weighted by Gasteiger charge is 2.41. The first-order valence-corrected chi connectivity index (χ1v) is 6.78. The van der Waals surface area contributed by atoms with Crippen LogP contribution in [0.3, 0.4) is 0 Å². The predicted molar refractivity (Wildman–Crippen MR) is 74.8 cm³/mol. The van der Waals surface area contributed by atoms with E-state index in [1.165, 1.54) is 19.3 Å². The van der Waals surface area contributed by atoms with Crippen LogP contribution in [0.5, 0.6) is 0 Å². The number of nitrogen functional groups attached to an aromatic ring is 1. The van der Waals surface area contributed by atoms with Gasteiger partial charge in [-0.05, 0) is 36.8 Å². The molecule has 0 unspecified atom stereocenters. The molecule has 0 saturated heterocycles. The lowest BCUT2D eigenvalue weighted by molar-refractivity contribution is 0.0945. The number of anilines is 1. The number of hydrogen-bond acceptors (Lipinski definition) is 2. The Kier molecular flexibility index (Phi) is 3.81. The number of hydrogen-bond donors (Lipinski definition) is 2. The molecular formula is C14H19ClN2O. The maximum atomic E-state index is 12.1. The Morgan fingerprint density at radius 2 is 2.22 bits per heavy atom. The molecule has 18 heavy (non-hydrogen) atoms. The lowest BCUT2D eigenvalue weighted by atomic mass is 10.0. The summed E-state index contributed by atoms with van der Waals surface area (Å²) in [5, 5.41) is 3.37. The highest BCUT2D eigenvalue weighted by Crippen LogP contribution is 2.49. The van der Waals surface area contributed by atoms with Gasteiger partial charge in [-0.1, -0.05) is 31.0 Å². The van der Waals surface area contributed by atoms with Crippen molar-refractivity contribution in [3.8, 4) is 0 Å². The average Bonchev–Trinajstić information content (AvgIpc) is 3.07. The molecule has 0 atom stereocenters. The number of nitrogens with two attached hydrogens (primary N) is 1. The fourth-order valence-corrected chi connectivity index (χ4v) is 2.63. The summed E-state index contributed by atoms with van der Waals surface area (Å²) in [6.45, 7) is 2.90. The molecule has 1 aliphatic rings. The molecule has 1 amide bonds. The molecule has 0 radical (unpaired) electrons. The van der Waals surface area contributed by atoms with E-state index < -0.39 is 0 Å². The maximum absolute atomic E-state index is 12.1. The maximum Gasteiger partial charge on any atom is 0.254 e. The van der Waals surface area contributed by atoms with Crippen LogP contribution in [0.15, 0.2) is 18.2 Å². The standard InChI is InChI=1S/C14H19ClN2O/c1-2-6-14(7-8-14)9-17-13(18)12-10(15)4-3-5-11(12)16/h3-5H,2,6-9,16H2,1H3,(H,17,18). The highest BCUT2D eigenvalue weighted by molar-refractivity contribution is 6.34. The van der Waals surface area contributed by atoms with Gasteiger partial charge in [0.05, 0.1) is 10.6 Å². The lowest BCUT2D eigenvalue weighted by Crippen LogP contribution is -2.31. The van der Waals surface area contributed by atoms with E-state index in [0.717, 1.165) is 13.0 Å². The van der Waals surface area contributed by atoms with Gasteiger partial charge in [-0.3, -0.25) is 4.79 Å². The Balaban J connectivity index is 2.00. The summed E-state index contributed by atoms with van der Waals surface area (Å²) < 4.78 is 0. The van der Waals surface area contributed by atoms with Crippen LogP contribution in [0.2, 0.25) is 5.02 Å².